The number of amides is 1. The number of rotatable bonds is 7. The smallest absolute Gasteiger partial charge is 0.307 e. The van der Waals surface area contributed by atoms with E-state index in [1.807, 2.05) is 66.3 Å². The van der Waals surface area contributed by atoms with Crippen molar-refractivity contribution in [2.75, 3.05) is 0 Å². The molecule has 3 aromatic heterocycles. The first-order chi connectivity index (χ1) is 17.0. The van der Waals surface area contributed by atoms with Crippen LogP contribution in [0.15, 0.2) is 88.5 Å². The number of nitrogens with one attached hydrogen (secondary N) is 1. The predicted molar refractivity (Wildman–Crippen MR) is 136 cm³/mol. The fourth-order valence-corrected chi connectivity index (χ4v) is 4.19. The number of hydrogen-bond acceptors (Lipinski definition) is 4. The monoisotopic (exact) mass is 466 g/mol. The lowest BCUT2D eigenvalue weighted by Gasteiger charge is -2.10. The van der Waals surface area contributed by atoms with Gasteiger partial charge in [-0.25, -0.2) is 5.43 Å². The SMILES string of the molecule is Cc1ccc(C)n1-c1ccc(OCc2ccc(C(=O)N/N=C/c3cn(C)c4ccccc34)o2)cc1. The van der Waals surface area contributed by atoms with Crippen molar-refractivity contribution in [3.8, 4) is 11.4 Å². The molecule has 0 aliphatic heterocycles. The minimum absolute atomic E-state index is 0.174. The summed E-state index contributed by atoms with van der Waals surface area (Å²) in [6, 6.07) is 23.4. The zero-order valence-corrected chi connectivity index (χ0v) is 19.9. The van der Waals surface area contributed by atoms with Crippen LogP contribution in [0.4, 0.5) is 0 Å². The van der Waals surface area contributed by atoms with Crippen molar-refractivity contribution < 1.29 is 13.9 Å². The number of nitrogens with zero attached hydrogens (tertiary/aromatic N) is 3. The van der Waals surface area contributed by atoms with E-state index in [0.717, 1.165) is 27.9 Å². The van der Waals surface area contributed by atoms with Crippen LogP contribution in [0, 0.1) is 13.8 Å². The van der Waals surface area contributed by atoms with Crippen LogP contribution in [0.5, 0.6) is 5.75 Å². The fourth-order valence-electron chi connectivity index (χ4n) is 4.19. The maximum absolute atomic E-state index is 12.4. The molecule has 1 N–H and O–H groups in total. The van der Waals surface area contributed by atoms with E-state index < -0.39 is 5.91 Å². The number of hydrazone groups is 1. The van der Waals surface area contributed by atoms with Crippen LogP contribution in [0.1, 0.15) is 33.3 Å². The van der Waals surface area contributed by atoms with Crippen molar-refractivity contribution in [2.45, 2.75) is 20.5 Å². The molecule has 7 nitrogen and oxygen atoms in total. The average molecular weight is 467 g/mol. The Morgan fingerprint density at radius 2 is 1.74 bits per heavy atom. The van der Waals surface area contributed by atoms with Gasteiger partial charge in [-0.15, -0.1) is 0 Å². The van der Waals surface area contributed by atoms with Gasteiger partial charge in [-0.05, 0) is 68.4 Å². The Morgan fingerprint density at radius 1 is 1.00 bits per heavy atom. The van der Waals surface area contributed by atoms with E-state index in [1.165, 1.54) is 11.4 Å². The minimum Gasteiger partial charge on any atom is -0.486 e. The summed E-state index contributed by atoms with van der Waals surface area (Å²) in [5.41, 5.74) is 7.98. The average Bonchev–Trinajstić information content (AvgIpc) is 3.56. The summed E-state index contributed by atoms with van der Waals surface area (Å²) in [4.78, 5) is 12.4. The Hall–Kier alpha value is -4.52. The zero-order chi connectivity index (χ0) is 24.4. The fraction of sp³-hybridized carbons (Fsp3) is 0.143. The van der Waals surface area contributed by atoms with Crippen molar-refractivity contribution in [1.29, 1.82) is 0 Å². The lowest BCUT2D eigenvalue weighted by molar-refractivity contribution is 0.0923. The first-order valence-electron chi connectivity index (χ1n) is 11.3. The third-order valence-electron chi connectivity index (χ3n) is 5.93. The highest BCUT2D eigenvalue weighted by atomic mass is 16.5. The maximum atomic E-state index is 12.4. The van der Waals surface area contributed by atoms with E-state index in [4.69, 9.17) is 9.15 Å². The quantitative estimate of drug-likeness (QED) is 0.253. The molecular weight excluding hydrogens is 440 g/mol. The third kappa shape index (κ3) is 4.61. The first kappa shape index (κ1) is 22.3. The Kier molecular flexibility index (Phi) is 5.97. The molecule has 0 unspecified atom stereocenters. The number of aryl methyl sites for hydroxylation is 3. The molecule has 0 aliphatic carbocycles. The Bertz CT molecular complexity index is 1500. The molecule has 5 rings (SSSR count). The Labute approximate surface area is 203 Å². The van der Waals surface area contributed by atoms with Gasteiger partial charge >= 0.3 is 5.91 Å². The highest BCUT2D eigenvalue weighted by molar-refractivity contribution is 6.00. The normalized spacial score (nSPS) is 11.4. The second kappa shape index (κ2) is 9.38. The number of fused-ring (bicyclic) bond motifs is 1. The molecule has 5 aromatic rings. The number of aromatic nitrogens is 2. The van der Waals surface area contributed by atoms with Gasteiger partial charge in [0.1, 0.15) is 18.1 Å². The van der Waals surface area contributed by atoms with Gasteiger partial charge in [-0.1, -0.05) is 18.2 Å². The van der Waals surface area contributed by atoms with Crippen molar-refractivity contribution in [3.05, 3.63) is 107 Å². The first-order valence-corrected chi connectivity index (χ1v) is 11.3. The van der Waals surface area contributed by atoms with Crippen LogP contribution in [-0.4, -0.2) is 21.3 Å². The molecule has 176 valence electrons. The van der Waals surface area contributed by atoms with Crippen molar-refractivity contribution in [1.82, 2.24) is 14.6 Å². The molecule has 0 radical (unpaired) electrons. The summed E-state index contributed by atoms with van der Waals surface area (Å²) in [6.45, 7) is 4.38. The van der Waals surface area contributed by atoms with Crippen LogP contribution in [0.3, 0.4) is 0 Å². The summed E-state index contributed by atoms with van der Waals surface area (Å²) in [5.74, 6) is 1.02. The van der Waals surface area contributed by atoms with Crippen LogP contribution < -0.4 is 10.2 Å². The molecule has 0 atom stereocenters. The van der Waals surface area contributed by atoms with E-state index in [2.05, 4.69) is 41.1 Å². The van der Waals surface area contributed by atoms with Gasteiger partial charge in [-0.2, -0.15) is 5.10 Å². The highest BCUT2D eigenvalue weighted by Gasteiger charge is 2.11. The van der Waals surface area contributed by atoms with Crippen LogP contribution in [0.2, 0.25) is 0 Å². The van der Waals surface area contributed by atoms with Gasteiger partial charge < -0.3 is 18.3 Å². The third-order valence-corrected chi connectivity index (χ3v) is 5.93. The largest absolute Gasteiger partial charge is 0.486 e. The minimum atomic E-state index is -0.422. The van der Waals surface area contributed by atoms with Crippen LogP contribution in [-0.2, 0) is 13.7 Å². The Balaban J connectivity index is 1.18. The number of para-hydroxylation sites is 1. The number of ether oxygens (including phenoxy) is 1. The number of furan rings is 1. The van der Waals surface area contributed by atoms with E-state index in [1.54, 1.807) is 18.3 Å². The second-order valence-electron chi connectivity index (χ2n) is 8.41. The molecule has 1 amide bonds. The molecule has 0 fully saturated rings. The number of hydrogen-bond donors (Lipinski definition) is 1. The molecule has 7 heteroatoms. The van der Waals surface area contributed by atoms with Gasteiger partial charge in [0.05, 0.1) is 6.21 Å². The lowest BCUT2D eigenvalue weighted by Crippen LogP contribution is -2.16. The van der Waals surface area contributed by atoms with Gasteiger partial charge in [0.2, 0.25) is 0 Å². The number of benzene rings is 2. The zero-order valence-electron chi connectivity index (χ0n) is 19.9. The van der Waals surface area contributed by atoms with Crippen molar-refractivity contribution >= 4 is 23.0 Å². The molecule has 0 saturated heterocycles. The van der Waals surface area contributed by atoms with Crippen molar-refractivity contribution in [3.63, 3.8) is 0 Å². The molecular formula is C28H26N4O3. The molecule has 35 heavy (non-hydrogen) atoms. The summed E-state index contributed by atoms with van der Waals surface area (Å²) >= 11 is 0. The summed E-state index contributed by atoms with van der Waals surface area (Å²) in [5, 5.41) is 5.16. The number of carbonyl (C=O) groups excluding carboxylic acids is 1. The van der Waals surface area contributed by atoms with Crippen LogP contribution in [0.25, 0.3) is 16.6 Å². The molecule has 0 bridgehead atoms. The van der Waals surface area contributed by atoms with E-state index in [0.29, 0.717) is 5.76 Å². The van der Waals surface area contributed by atoms with Gasteiger partial charge in [-0.3, -0.25) is 4.79 Å². The predicted octanol–water partition coefficient (Wildman–Crippen LogP) is 5.52. The Morgan fingerprint density at radius 3 is 2.51 bits per heavy atom. The number of carbonyl (C=O) groups is 1. The highest BCUT2D eigenvalue weighted by Crippen LogP contribution is 2.21. The molecule has 3 heterocycles. The van der Waals surface area contributed by atoms with E-state index in [9.17, 15) is 4.79 Å². The summed E-state index contributed by atoms with van der Waals surface area (Å²) < 4.78 is 15.7. The standard InChI is InChI=1S/C28H26N4O3/c1-19-8-9-20(2)32(19)22-10-12-23(13-11-22)34-18-24-14-15-27(35-24)28(33)30-29-16-21-17-31(3)26-7-5-4-6-25(21)26/h4-17H,18H2,1-3H3,(H,30,33)/b29-16+. The van der Waals surface area contributed by atoms with Crippen molar-refractivity contribution in [2.24, 2.45) is 12.1 Å². The van der Waals surface area contributed by atoms with Gasteiger partial charge in [0.15, 0.2) is 5.76 Å². The van der Waals surface area contributed by atoms with Gasteiger partial charge in [0.25, 0.3) is 0 Å². The molecule has 0 aliphatic rings. The van der Waals surface area contributed by atoms with E-state index in [-0.39, 0.29) is 12.4 Å². The second-order valence-corrected chi connectivity index (χ2v) is 8.41. The summed E-state index contributed by atoms with van der Waals surface area (Å²) in [6.07, 6.45) is 3.60. The molecule has 0 saturated carbocycles. The van der Waals surface area contributed by atoms with Gasteiger partial charge in [0, 0.05) is 46.8 Å². The topological polar surface area (TPSA) is 73.7 Å². The lowest BCUT2D eigenvalue weighted by atomic mass is 10.2. The molecule has 0 spiro atoms. The maximum Gasteiger partial charge on any atom is 0.307 e. The van der Waals surface area contributed by atoms with E-state index >= 15 is 0 Å². The van der Waals surface area contributed by atoms with Crippen LogP contribution >= 0.6 is 0 Å². The molecule has 2 aromatic carbocycles. The summed E-state index contributed by atoms with van der Waals surface area (Å²) in [7, 11) is 1.98.